The molecule has 3 aliphatic rings. The van der Waals surface area contributed by atoms with Crippen molar-refractivity contribution in [2.24, 2.45) is 0 Å². The third-order valence-electron chi connectivity index (χ3n) is 13.7. The van der Waals surface area contributed by atoms with Crippen LogP contribution in [0.5, 0.6) is 5.88 Å². The number of aromatic nitrogens is 2. The summed E-state index contributed by atoms with van der Waals surface area (Å²) in [6.07, 6.45) is 14.1. The third-order valence-corrected chi connectivity index (χ3v) is 13.7. The van der Waals surface area contributed by atoms with Crippen LogP contribution in [-0.4, -0.2) is 32.5 Å². The fourth-order valence-electron chi connectivity index (χ4n) is 10.6. The first-order valence-electron chi connectivity index (χ1n) is 22.7. The molecule has 316 valence electrons. The van der Waals surface area contributed by atoms with Gasteiger partial charge in [0.1, 0.15) is 6.54 Å². The topological polar surface area (TPSA) is 73.3 Å². The van der Waals surface area contributed by atoms with E-state index in [0.29, 0.717) is 31.3 Å². The van der Waals surface area contributed by atoms with Gasteiger partial charge in [-0.3, -0.25) is 9.36 Å². The quantitative estimate of drug-likeness (QED) is 0.118. The van der Waals surface area contributed by atoms with Gasteiger partial charge in [0.25, 0.3) is 5.56 Å². The molecule has 3 heterocycles. The molecule has 0 saturated heterocycles. The van der Waals surface area contributed by atoms with Gasteiger partial charge < -0.3 is 14.6 Å². The van der Waals surface area contributed by atoms with Gasteiger partial charge in [-0.05, 0) is 128 Å². The number of unbranched alkanes of at least 4 members (excludes halogenated alkanes) is 2. The minimum Gasteiger partial charge on any atom is -0.859 e. The molecule has 0 N–H and O–H groups in total. The van der Waals surface area contributed by atoms with Gasteiger partial charge in [-0.15, -0.1) is 0 Å². The SMILES string of the molecule is CCCCn1c([O-])c(C2=C(/C=C/C3=[N+](CC)c4ccc5ccccc5c4C3(C)C)CCC/C2=C\C=C2\N(CC)c3ccc4ccccc4c3C2(C)C)c(=O)n(CCCC)c1=O. The van der Waals surface area contributed by atoms with Crippen molar-refractivity contribution < 1.29 is 9.68 Å². The molecule has 4 aromatic carbocycles. The average Bonchev–Trinajstić information content (AvgIpc) is 3.63. The van der Waals surface area contributed by atoms with Crippen LogP contribution < -0.4 is 21.3 Å². The van der Waals surface area contributed by atoms with Gasteiger partial charge in [0, 0.05) is 54.1 Å². The van der Waals surface area contributed by atoms with Gasteiger partial charge in [-0.1, -0.05) is 107 Å². The zero-order valence-corrected chi connectivity index (χ0v) is 37.5. The first-order chi connectivity index (χ1) is 29.4. The fraction of sp³-hybridized carbons (Fsp3) is 0.389. The predicted octanol–water partition coefficient (Wildman–Crippen LogP) is 11.2. The number of allylic oxidation sites excluding steroid dienone is 8. The van der Waals surface area contributed by atoms with Crippen LogP contribution in [0.3, 0.4) is 0 Å². The smallest absolute Gasteiger partial charge is 0.330 e. The Morgan fingerprint density at radius 2 is 1.36 bits per heavy atom. The highest BCUT2D eigenvalue weighted by atomic mass is 16.3. The largest absolute Gasteiger partial charge is 0.859 e. The van der Waals surface area contributed by atoms with E-state index in [4.69, 9.17) is 0 Å². The van der Waals surface area contributed by atoms with E-state index in [9.17, 15) is 14.7 Å². The lowest BCUT2D eigenvalue weighted by Crippen LogP contribution is -2.43. The molecule has 1 aliphatic carbocycles. The number of hydrogen-bond acceptors (Lipinski definition) is 4. The van der Waals surface area contributed by atoms with Crippen LogP contribution in [0.2, 0.25) is 0 Å². The van der Waals surface area contributed by atoms with E-state index in [1.165, 1.54) is 64.6 Å². The summed E-state index contributed by atoms with van der Waals surface area (Å²) in [7, 11) is 0. The van der Waals surface area contributed by atoms with Gasteiger partial charge in [-0.2, -0.15) is 4.58 Å². The number of hydrogen-bond donors (Lipinski definition) is 0. The van der Waals surface area contributed by atoms with Gasteiger partial charge >= 0.3 is 5.69 Å². The highest BCUT2D eigenvalue weighted by Crippen LogP contribution is 2.51. The molecule has 61 heavy (non-hydrogen) atoms. The zero-order valence-electron chi connectivity index (χ0n) is 37.5. The molecular formula is C54H62N4O3. The van der Waals surface area contributed by atoms with E-state index < -0.39 is 17.1 Å². The number of anilines is 1. The molecule has 5 aromatic rings. The molecule has 0 atom stereocenters. The summed E-state index contributed by atoms with van der Waals surface area (Å²) in [6.45, 7) is 19.9. The van der Waals surface area contributed by atoms with Crippen LogP contribution in [0.25, 0.3) is 27.1 Å². The number of benzene rings is 4. The monoisotopic (exact) mass is 814 g/mol. The van der Waals surface area contributed by atoms with Crippen molar-refractivity contribution in [1.82, 2.24) is 9.13 Å². The zero-order chi connectivity index (χ0) is 43.2. The molecule has 0 spiro atoms. The lowest BCUT2D eigenvalue weighted by molar-refractivity contribution is -0.433. The number of fused-ring (bicyclic) bond motifs is 6. The lowest BCUT2D eigenvalue weighted by atomic mass is 9.78. The molecule has 0 unspecified atom stereocenters. The van der Waals surface area contributed by atoms with E-state index in [-0.39, 0.29) is 29.5 Å². The Bertz CT molecular complexity index is 2840. The summed E-state index contributed by atoms with van der Waals surface area (Å²) in [4.78, 5) is 31.2. The number of rotatable bonds is 12. The Hall–Kier alpha value is -5.69. The molecule has 7 heteroatoms. The predicted molar refractivity (Wildman–Crippen MR) is 253 cm³/mol. The number of nitrogens with zero attached hydrogens (tertiary/aromatic N) is 4. The Labute approximate surface area is 361 Å². The summed E-state index contributed by atoms with van der Waals surface area (Å²) >= 11 is 0. The van der Waals surface area contributed by atoms with Crippen molar-refractivity contribution in [3.8, 4) is 5.88 Å². The highest BCUT2D eigenvalue weighted by molar-refractivity contribution is 6.08. The van der Waals surface area contributed by atoms with Crippen molar-refractivity contribution >= 4 is 44.2 Å². The van der Waals surface area contributed by atoms with E-state index in [1.54, 1.807) is 0 Å². The van der Waals surface area contributed by atoms with Crippen molar-refractivity contribution in [3.63, 3.8) is 0 Å². The second-order valence-corrected chi connectivity index (χ2v) is 18.1. The Morgan fingerprint density at radius 1 is 0.721 bits per heavy atom. The van der Waals surface area contributed by atoms with E-state index in [1.807, 2.05) is 0 Å². The molecule has 7 nitrogen and oxygen atoms in total. The van der Waals surface area contributed by atoms with Crippen molar-refractivity contribution in [1.29, 1.82) is 0 Å². The maximum atomic E-state index is 14.8. The molecule has 8 rings (SSSR count). The van der Waals surface area contributed by atoms with Crippen LogP contribution in [0.4, 0.5) is 11.4 Å². The molecule has 0 bridgehead atoms. The van der Waals surface area contributed by atoms with Crippen LogP contribution in [-0.2, 0) is 23.9 Å². The normalized spacial score (nSPS) is 18.5. The molecule has 2 aliphatic heterocycles. The van der Waals surface area contributed by atoms with Crippen molar-refractivity contribution in [2.45, 2.75) is 124 Å². The molecular weight excluding hydrogens is 753 g/mol. The molecule has 0 fully saturated rings. The van der Waals surface area contributed by atoms with Gasteiger partial charge in [-0.25, -0.2) is 4.79 Å². The first kappa shape index (κ1) is 42.0. The Kier molecular flexibility index (Phi) is 11.5. The summed E-state index contributed by atoms with van der Waals surface area (Å²) in [5, 5.41) is 19.8. The first-order valence-corrected chi connectivity index (χ1v) is 22.7. The summed E-state index contributed by atoms with van der Waals surface area (Å²) < 4.78 is 5.09. The summed E-state index contributed by atoms with van der Waals surface area (Å²) in [5.74, 6) is -0.476. The van der Waals surface area contributed by atoms with E-state index in [0.717, 1.165) is 43.5 Å². The van der Waals surface area contributed by atoms with Crippen LogP contribution in [0.1, 0.15) is 117 Å². The van der Waals surface area contributed by atoms with Crippen molar-refractivity contribution in [3.05, 3.63) is 151 Å². The maximum absolute atomic E-state index is 14.8. The highest BCUT2D eigenvalue weighted by Gasteiger charge is 2.45. The van der Waals surface area contributed by atoms with Gasteiger partial charge in [0.15, 0.2) is 5.71 Å². The molecule has 0 radical (unpaired) electrons. The number of likely N-dealkylation sites (N-methyl/N-ethyl adjacent to an activating group) is 1. The molecule has 0 amide bonds. The van der Waals surface area contributed by atoms with E-state index >= 15 is 0 Å². The van der Waals surface area contributed by atoms with Gasteiger partial charge in [0.2, 0.25) is 5.69 Å². The van der Waals surface area contributed by atoms with E-state index in [2.05, 4.69) is 162 Å². The average molecular weight is 815 g/mol. The van der Waals surface area contributed by atoms with Crippen LogP contribution in [0.15, 0.2) is 124 Å². The maximum Gasteiger partial charge on any atom is 0.330 e. The second-order valence-electron chi connectivity index (χ2n) is 18.1. The minimum atomic E-state index is -0.495. The second kappa shape index (κ2) is 16.6. The summed E-state index contributed by atoms with van der Waals surface area (Å²) in [5.41, 5.74) is 8.57. The standard InChI is InChI=1S/C54H62N4O3/c1-9-13-34-57-50(59)47(51(60)58(52(57)61)35-14-10-2)46-38(28-32-44-53(5,6)48-40-24-17-15-20-36(40)26-30-42(48)55(44)11-3)22-19-23-39(46)29-33-45-54(7,8)49-41-25-18-16-21-37(41)27-31-43(49)56(45)12-4/h15-18,20-21,24-33H,9-14,19,22-23,34-35H2,1-8H3/b38-28+,44-32+. The Morgan fingerprint density at radius 3 is 2.02 bits per heavy atom. The van der Waals surface area contributed by atoms with Crippen molar-refractivity contribution in [2.75, 3.05) is 18.0 Å². The fourth-order valence-corrected chi connectivity index (χ4v) is 10.6. The van der Waals surface area contributed by atoms with Crippen LogP contribution >= 0.6 is 0 Å². The lowest BCUT2D eigenvalue weighted by Gasteiger charge is -2.29. The molecule has 1 aromatic heterocycles. The van der Waals surface area contributed by atoms with Crippen LogP contribution in [0, 0.1) is 0 Å². The molecule has 0 saturated carbocycles. The third kappa shape index (κ3) is 6.94. The summed E-state index contributed by atoms with van der Waals surface area (Å²) in [6, 6.07) is 26.2. The van der Waals surface area contributed by atoms with Gasteiger partial charge in [0.05, 0.1) is 11.0 Å². The minimum absolute atomic E-state index is 0.125. The Balaban J connectivity index is 1.35.